The van der Waals surface area contributed by atoms with Crippen molar-refractivity contribution in [2.75, 3.05) is 5.73 Å². The molecule has 3 rings (SSSR count). The van der Waals surface area contributed by atoms with Crippen LogP contribution in [0.1, 0.15) is 31.0 Å². The molecule has 0 saturated carbocycles. The maximum absolute atomic E-state index is 6.07. The van der Waals surface area contributed by atoms with E-state index in [0.717, 1.165) is 12.1 Å². The molecule has 1 aromatic heterocycles. The first kappa shape index (κ1) is 12.8. The first-order chi connectivity index (χ1) is 9.66. The highest BCUT2D eigenvalue weighted by Gasteiger charge is 2.11. The van der Waals surface area contributed by atoms with Gasteiger partial charge in [0.05, 0.1) is 0 Å². The zero-order valence-electron chi connectivity index (χ0n) is 12.0. The van der Waals surface area contributed by atoms with E-state index in [2.05, 4.69) is 54.9 Å². The van der Waals surface area contributed by atoms with Crippen molar-refractivity contribution in [3.63, 3.8) is 0 Å². The van der Waals surface area contributed by atoms with Crippen molar-refractivity contribution in [2.24, 2.45) is 0 Å². The molecule has 2 aromatic carbocycles. The summed E-state index contributed by atoms with van der Waals surface area (Å²) in [6, 6.07) is 17.2. The van der Waals surface area contributed by atoms with Crippen LogP contribution in [0.5, 0.6) is 0 Å². The van der Waals surface area contributed by atoms with E-state index in [4.69, 9.17) is 5.73 Å². The fraction of sp³-hybridized carbons (Fsp3) is 0.222. The summed E-state index contributed by atoms with van der Waals surface area (Å²) in [5, 5.41) is 1.32. The average Bonchev–Trinajstić information content (AvgIpc) is 2.81. The SMILES string of the molecule is CC(C)n1cc(Cc2ccccc2N)c2ccccc21. The Labute approximate surface area is 119 Å². The Hall–Kier alpha value is -2.22. The first-order valence-corrected chi connectivity index (χ1v) is 7.08. The third-order valence-corrected chi connectivity index (χ3v) is 3.82. The summed E-state index contributed by atoms with van der Waals surface area (Å²) in [6.07, 6.45) is 3.15. The van der Waals surface area contributed by atoms with Gasteiger partial charge in [-0.05, 0) is 37.1 Å². The van der Waals surface area contributed by atoms with Gasteiger partial charge in [-0.15, -0.1) is 0 Å². The number of aromatic nitrogens is 1. The molecule has 102 valence electrons. The van der Waals surface area contributed by atoms with E-state index >= 15 is 0 Å². The van der Waals surface area contributed by atoms with Gasteiger partial charge in [-0.2, -0.15) is 0 Å². The standard InChI is InChI=1S/C18H20N2/c1-13(2)20-12-15(16-8-4-6-10-18(16)20)11-14-7-3-5-9-17(14)19/h3-10,12-13H,11,19H2,1-2H3. The van der Waals surface area contributed by atoms with Gasteiger partial charge in [-0.3, -0.25) is 0 Å². The van der Waals surface area contributed by atoms with E-state index in [9.17, 15) is 0 Å². The monoisotopic (exact) mass is 264 g/mol. The van der Waals surface area contributed by atoms with Crippen LogP contribution in [0.4, 0.5) is 5.69 Å². The number of rotatable bonds is 3. The van der Waals surface area contributed by atoms with Crippen LogP contribution in [0.3, 0.4) is 0 Å². The average molecular weight is 264 g/mol. The Morgan fingerprint density at radius 2 is 1.65 bits per heavy atom. The van der Waals surface area contributed by atoms with Crippen LogP contribution in [-0.4, -0.2) is 4.57 Å². The van der Waals surface area contributed by atoms with Crippen molar-refractivity contribution in [3.05, 3.63) is 65.9 Å². The van der Waals surface area contributed by atoms with Gasteiger partial charge in [0.2, 0.25) is 0 Å². The quantitative estimate of drug-likeness (QED) is 0.699. The number of hydrogen-bond donors (Lipinski definition) is 1. The largest absolute Gasteiger partial charge is 0.398 e. The van der Waals surface area contributed by atoms with Gasteiger partial charge >= 0.3 is 0 Å². The molecule has 0 amide bonds. The van der Waals surface area contributed by atoms with Crippen LogP contribution in [0.25, 0.3) is 10.9 Å². The van der Waals surface area contributed by atoms with Crippen LogP contribution < -0.4 is 5.73 Å². The summed E-state index contributed by atoms with van der Waals surface area (Å²) in [4.78, 5) is 0. The van der Waals surface area contributed by atoms with Gasteiger partial charge in [0.15, 0.2) is 0 Å². The van der Waals surface area contributed by atoms with Gasteiger partial charge in [0.1, 0.15) is 0 Å². The maximum atomic E-state index is 6.07. The van der Waals surface area contributed by atoms with Crippen LogP contribution in [0.2, 0.25) is 0 Å². The molecule has 0 spiro atoms. The third kappa shape index (κ3) is 2.18. The summed E-state index contributed by atoms with van der Waals surface area (Å²) in [5.41, 5.74) is 10.8. The normalized spacial score (nSPS) is 11.3. The molecule has 0 saturated heterocycles. The second-order valence-corrected chi connectivity index (χ2v) is 5.55. The van der Waals surface area contributed by atoms with Crippen molar-refractivity contribution < 1.29 is 0 Å². The van der Waals surface area contributed by atoms with E-state index in [0.29, 0.717) is 6.04 Å². The second-order valence-electron chi connectivity index (χ2n) is 5.55. The highest BCUT2D eigenvalue weighted by atomic mass is 15.0. The number of nitrogens with zero attached hydrogens (tertiary/aromatic N) is 1. The van der Waals surface area contributed by atoms with E-state index in [1.54, 1.807) is 0 Å². The lowest BCUT2D eigenvalue weighted by molar-refractivity contribution is 0.621. The fourth-order valence-electron chi connectivity index (χ4n) is 2.75. The molecule has 3 aromatic rings. The lowest BCUT2D eigenvalue weighted by atomic mass is 10.0. The maximum Gasteiger partial charge on any atom is 0.0485 e. The number of anilines is 1. The molecule has 0 aliphatic carbocycles. The zero-order valence-corrected chi connectivity index (χ0v) is 12.0. The first-order valence-electron chi connectivity index (χ1n) is 7.08. The molecule has 0 radical (unpaired) electrons. The molecular formula is C18H20N2. The Bertz CT molecular complexity index is 738. The summed E-state index contributed by atoms with van der Waals surface area (Å²) in [7, 11) is 0. The topological polar surface area (TPSA) is 30.9 Å². The molecule has 0 fully saturated rings. The zero-order chi connectivity index (χ0) is 14.1. The summed E-state index contributed by atoms with van der Waals surface area (Å²) in [6.45, 7) is 4.43. The predicted octanol–water partition coefficient (Wildman–Crippen LogP) is 4.40. The number of hydrogen-bond acceptors (Lipinski definition) is 1. The lowest BCUT2D eigenvalue weighted by Crippen LogP contribution is -1.98. The van der Waals surface area contributed by atoms with Crippen LogP contribution in [0.15, 0.2) is 54.7 Å². The minimum atomic E-state index is 0.460. The minimum absolute atomic E-state index is 0.460. The molecule has 2 heteroatoms. The Morgan fingerprint density at radius 1 is 0.950 bits per heavy atom. The second kappa shape index (κ2) is 5.04. The van der Waals surface area contributed by atoms with Crippen molar-refractivity contribution in [2.45, 2.75) is 26.3 Å². The van der Waals surface area contributed by atoms with Gasteiger partial charge in [0, 0.05) is 35.2 Å². The molecule has 0 aliphatic rings. The highest BCUT2D eigenvalue weighted by Crippen LogP contribution is 2.27. The fourth-order valence-corrected chi connectivity index (χ4v) is 2.75. The van der Waals surface area contributed by atoms with Gasteiger partial charge < -0.3 is 10.3 Å². The lowest BCUT2D eigenvalue weighted by Gasteiger charge is -2.08. The van der Waals surface area contributed by atoms with Gasteiger partial charge in [-0.1, -0.05) is 36.4 Å². The molecule has 1 heterocycles. The minimum Gasteiger partial charge on any atom is -0.398 e. The number of fused-ring (bicyclic) bond motifs is 1. The van der Waals surface area contributed by atoms with E-state index < -0.39 is 0 Å². The molecule has 2 N–H and O–H groups in total. The number of para-hydroxylation sites is 2. The molecule has 0 unspecified atom stereocenters. The molecule has 0 atom stereocenters. The van der Waals surface area contributed by atoms with Gasteiger partial charge in [-0.25, -0.2) is 0 Å². The molecule has 0 aliphatic heterocycles. The van der Waals surface area contributed by atoms with Crippen molar-refractivity contribution in [1.82, 2.24) is 4.57 Å². The van der Waals surface area contributed by atoms with Crippen molar-refractivity contribution >= 4 is 16.6 Å². The molecular weight excluding hydrogens is 244 g/mol. The molecule has 0 bridgehead atoms. The summed E-state index contributed by atoms with van der Waals surface area (Å²) in [5.74, 6) is 0. The van der Waals surface area contributed by atoms with E-state index in [1.807, 2.05) is 18.2 Å². The van der Waals surface area contributed by atoms with E-state index in [1.165, 1.54) is 22.0 Å². The van der Waals surface area contributed by atoms with E-state index in [-0.39, 0.29) is 0 Å². The number of nitrogens with two attached hydrogens (primary N) is 1. The number of benzene rings is 2. The molecule has 20 heavy (non-hydrogen) atoms. The van der Waals surface area contributed by atoms with Crippen molar-refractivity contribution in [3.8, 4) is 0 Å². The number of nitrogen functional groups attached to an aromatic ring is 1. The van der Waals surface area contributed by atoms with Crippen LogP contribution in [0, 0.1) is 0 Å². The Kier molecular flexibility index (Phi) is 3.23. The third-order valence-electron chi connectivity index (χ3n) is 3.82. The summed E-state index contributed by atoms with van der Waals surface area (Å²) < 4.78 is 2.34. The Morgan fingerprint density at radius 3 is 2.40 bits per heavy atom. The Balaban J connectivity index is 2.10. The van der Waals surface area contributed by atoms with Crippen LogP contribution >= 0.6 is 0 Å². The molecule has 2 nitrogen and oxygen atoms in total. The van der Waals surface area contributed by atoms with Crippen molar-refractivity contribution in [1.29, 1.82) is 0 Å². The van der Waals surface area contributed by atoms with Crippen LogP contribution in [-0.2, 0) is 6.42 Å². The summed E-state index contributed by atoms with van der Waals surface area (Å²) >= 11 is 0. The highest BCUT2D eigenvalue weighted by molar-refractivity contribution is 5.84. The van der Waals surface area contributed by atoms with Gasteiger partial charge in [0.25, 0.3) is 0 Å². The predicted molar refractivity (Wildman–Crippen MR) is 86.0 cm³/mol. The smallest absolute Gasteiger partial charge is 0.0485 e.